The van der Waals surface area contributed by atoms with Crippen LogP contribution in [-0.4, -0.2) is 56.8 Å². The first-order valence-corrected chi connectivity index (χ1v) is 8.20. The van der Waals surface area contributed by atoms with E-state index in [1.807, 2.05) is 0 Å². The van der Waals surface area contributed by atoms with E-state index < -0.39 is 17.5 Å². The van der Waals surface area contributed by atoms with Gasteiger partial charge in [0.25, 0.3) is 0 Å². The fourth-order valence-corrected chi connectivity index (χ4v) is 3.26. The van der Waals surface area contributed by atoms with E-state index in [1.165, 1.54) is 0 Å². The lowest BCUT2D eigenvalue weighted by Gasteiger charge is -2.30. The summed E-state index contributed by atoms with van der Waals surface area (Å²) in [7, 11) is 0. The van der Waals surface area contributed by atoms with Gasteiger partial charge in [0.05, 0.1) is 0 Å². The highest BCUT2D eigenvalue weighted by atomic mass is 19.4. The molecule has 134 valence electrons. The van der Waals surface area contributed by atoms with E-state index in [1.54, 1.807) is 4.90 Å². The quantitative estimate of drug-likeness (QED) is 0.886. The number of piperidine rings is 1. The van der Waals surface area contributed by atoms with E-state index in [2.05, 4.69) is 27.7 Å². The number of tetrazole rings is 1. The summed E-state index contributed by atoms with van der Waals surface area (Å²) in [4.78, 5) is 14.9. The molecule has 1 amide bonds. The largest absolute Gasteiger partial charge is 0.414 e. The van der Waals surface area contributed by atoms with Crippen molar-refractivity contribution in [1.82, 2.24) is 30.4 Å². The zero-order valence-electron chi connectivity index (χ0n) is 13.5. The molecule has 2 aliphatic rings. The number of alkyl halides is 3. The lowest BCUT2D eigenvalue weighted by Crippen LogP contribution is -2.51. The highest BCUT2D eigenvalue weighted by Gasteiger charge is 2.60. The van der Waals surface area contributed by atoms with Crippen molar-refractivity contribution in [2.24, 2.45) is 5.92 Å². The van der Waals surface area contributed by atoms with Crippen LogP contribution in [0.15, 0.2) is 0 Å². The number of hydrogen-bond donors (Lipinski definition) is 1. The van der Waals surface area contributed by atoms with E-state index in [0.29, 0.717) is 25.4 Å². The summed E-state index contributed by atoms with van der Waals surface area (Å²) in [6.07, 6.45) is -2.38. The van der Waals surface area contributed by atoms with Crippen molar-refractivity contribution in [3.63, 3.8) is 0 Å². The summed E-state index contributed by atoms with van der Waals surface area (Å²) < 4.78 is 40.3. The number of nitrogens with one attached hydrogen (secondary N) is 1. The lowest BCUT2D eigenvalue weighted by molar-refractivity contribution is -0.198. The van der Waals surface area contributed by atoms with Gasteiger partial charge in [-0.05, 0) is 43.4 Å². The second-order valence-electron chi connectivity index (χ2n) is 6.64. The fraction of sp³-hybridized carbons (Fsp3) is 0.857. The maximum atomic E-state index is 13.4. The van der Waals surface area contributed by atoms with Crippen LogP contribution in [0, 0.1) is 5.92 Å². The summed E-state index contributed by atoms with van der Waals surface area (Å²) in [5.41, 5.74) is -2.26. The average Bonchev–Trinajstić information content (AvgIpc) is 3.16. The van der Waals surface area contributed by atoms with Gasteiger partial charge in [0.15, 0.2) is 5.54 Å². The summed E-state index contributed by atoms with van der Waals surface area (Å²) in [6.45, 7) is 3.53. The number of aromatic nitrogens is 4. The molecule has 24 heavy (non-hydrogen) atoms. The average molecular weight is 346 g/mol. The van der Waals surface area contributed by atoms with Gasteiger partial charge in [-0.3, -0.25) is 10.1 Å². The molecule has 0 saturated carbocycles. The van der Waals surface area contributed by atoms with Gasteiger partial charge in [-0.25, -0.2) is 0 Å². The summed E-state index contributed by atoms with van der Waals surface area (Å²) in [6, 6.07) is 0. The molecule has 2 saturated heterocycles. The van der Waals surface area contributed by atoms with Crippen LogP contribution < -0.4 is 5.32 Å². The molecule has 1 aromatic rings. The molecular weight excluding hydrogens is 325 g/mol. The first-order chi connectivity index (χ1) is 11.3. The summed E-state index contributed by atoms with van der Waals surface area (Å²) in [5.74, 6) is -0.0101. The number of carbonyl (C=O) groups is 1. The van der Waals surface area contributed by atoms with Crippen LogP contribution in [0.2, 0.25) is 0 Å². The first-order valence-electron chi connectivity index (χ1n) is 8.20. The van der Waals surface area contributed by atoms with Crippen molar-refractivity contribution < 1.29 is 18.0 Å². The van der Waals surface area contributed by atoms with Crippen molar-refractivity contribution in [3.05, 3.63) is 5.82 Å². The molecule has 3 heterocycles. The second kappa shape index (κ2) is 6.30. The van der Waals surface area contributed by atoms with Crippen molar-refractivity contribution in [3.8, 4) is 0 Å². The van der Waals surface area contributed by atoms with Crippen LogP contribution >= 0.6 is 0 Å². The number of hydrogen-bond acceptors (Lipinski definition) is 5. The Kier molecular flexibility index (Phi) is 4.50. The molecule has 2 aliphatic heterocycles. The van der Waals surface area contributed by atoms with Gasteiger partial charge in [0, 0.05) is 13.1 Å². The summed E-state index contributed by atoms with van der Waals surface area (Å²) >= 11 is 0. The second-order valence-corrected chi connectivity index (χ2v) is 6.64. The van der Waals surface area contributed by atoms with Crippen LogP contribution in [0.3, 0.4) is 0 Å². The number of amides is 1. The molecule has 1 aromatic heterocycles. The Hall–Kier alpha value is -1.71. The smallest absolute Gasteiger partial charge is 0.341 e. The van der Waals surface area contributed by atoms with Gasteiger partial charge in [-0.2, -0.15) is 18.0 Å². The molecule has 0 aromatic carbocycles. The van der Waals surface area contributed by atoms with E-state index in [0.717, 1.165) is 17.6 Å². The molecule has 10 heteroatoms. The molecule has 3 rings (SSSR count). The molecule has 1 atom stereocenters. The first kappa shape index (κ1) is 17.1. The summed E-state index contributed by atoms with van der Waals surface area (Å²) in [5, 5.41) is 13.5. The van der Waals surface area contributed by atoms with Crippen LogP contribution in [0.25, 0.3) is 0 Å². The molecular formula is C14H21F3N6O. The van der Waals surface area contributed by atoms with E-state index >= 15 is 0 Å². The van der Waals surface area contributed by atoms with E-state index in [9.17, 15) is 18.0 Å². The van der Waals surface area contributed by atoms with Gasteiger partial charge in [-0.15, -0.1) is 10.2 Å². The lowest BCUT2D eigenvalue weighted by atomic mass is 9.96. The van der Waals surface area contributed by atoms with Crippen LogP contribution in [0.1, 0.15) is 38.4 Å². The van der Waals surface area contributed by atoms with Crippen LogP contribution in [-0.2, 0) is 16.9 Å². The van der Waals surface area contributed by atoms with Crippen molar-refractivity contribution in [2.75, 3.05) is 19.6 Å². The molecule has 0 bridgehead atoms. The minimum atomic E-state index is -4.51. The zero-order chi connectivity index (χ0) is 17.4. The third-order valence-electron chi connectivity index (χ3n) is 4.89. The van der Waals surface area contributed by atoms with Gasteiger partial charge in [0.1, 0.15) is 6.54 Å². The van der Waals surface area contributed by atoms with Gasteiger partial charge in [-0.1, -0.05) is 6.92 Å². The highest BCUT2D eigenvalue weighted by molar-refractivity contribution is 5.75. The standard InChI is InChI=1S/C14H21F3N6O/c1-10-3-7-22(8-4-10)11(24)9-23-20-12(19-21-23)13(14(15,16)17)5-2-6-18-13/h10,18H,2-9H2,1H3. The van der Waals surface area contributed by atoms with Crippen molar-refractivity contribution in [2.45, 2.75) is 50.9 Å². The molecule has 0 aliphatic carbocycles. The topological polar surface area (TPSA) is 75.9 Å². The van der Waals surface area contributed by atoms with Gasteiger partial charge >= 0.3 is 6.18 Å². The number of likely N-dealkylation sites (tertiary alicyclic amines) is 1. The molecule has 0 radical (unpaired) electrons. The fourth-order valence-electron chi connectivity index (χ4n) is 3.26. The Morgan fingerprint density at radius 1 is 1.38 bits per heavy atom. The SMILES string of the molecule is CC1CCN(C(=O)Cn2nnc(C3(C(F)(F)F)CCCN3)n2)CC1. The normalized spacial score (nSPS) is 26.1. The zero-order valence-corrected chi connectivity index (χ0v) is 13.5. The number of carbonyl (C=O) groups excluding carboxylic acids is 1. The monoisotopic (exact) mass is 346 g/mol. The Morgan fingerprint density at radius 3 is 2.67 bits per heavy atom. The number of rotatable bonds is 3. The van der Waals surface area contributed by atoms with E-state index in [-0.39, 0.29) is 25.4 Å². The minimum Gasteiger partial charge on any atom is -0.341 e. The van der Waals surface area contributed by atoms with Crippen molar-refractivity contribution >= 4 is 5.91 Å². The van der Waals surface area contributed by atoms with Crippen LogP contribution in [0.4, 0.5) is 13.2 Å². The Bertz CT molecular complexity index is 588. The molecule has 1 N–H and O–H groups in total. The molecule has 1 unspecified atom stereocenters. The molecule has 7 nitrogen and oxygen atoms in total. The van der Waals surface area contributed by atoms with Crippen molar-refractivity contribution in [1.29, 1.82) is 0 Å². The third kappa shape index (κ3) is 3.11. The Balaban J connectivity index is 1.70. The number of nitrogens with zero attached hydrogens (tertiary/aromatic N) is 5. The minimum absolute atomic E-state index is 0.125. The maximum absolute atomic E-state index is 13.4. The highest BCUT2D eigenvalue weighted by Crippen LogP contribution is 2.43. The maximum Gasteiger partial charge on any atom is 0.414 e. The van der Waals surface area contributed by atoms with E-state index in [4.69, 9.17) is 0 Å². The number of halogens is 3. The van der Waals surface area contributed by atoms with Gasteiger partial charge in [0.2, 0.25) is 11.7 Å². The molecule has 2 fully saturated rings. The predicted octanol–water partition coefficient (Wildman–Crippen LogP) is 1.07. The Labute approximate surface area is 137 Å². The molecule has 0 spiro atoms. The Morgan fingerprint density at radius 2 is 2.08 bits per heavy atom. The predicted molar refractivity (Wildman–Crippen MR) is 77.8 cm³/mol. The van der Waals surface area contributed by atoms with Gasteiger partial charge < -0.3 is 4.90 Å². The third-order valence-corrected chi connectivity index (χ3v) is 4.89. The van der Waals surface area contributed by atoms with Crippen LogP contribution in [0.5, 0.6) is 0 Å².